The van der Waals surface area contributed by atoms with Crippen LogP contribution in [0, 0.1) is 0 Å². The van der Waals surface area contributed by atoms with E-state index in [1.54, 1.807) is 0 Å². The summed E-state index contributed by atoms with van der Waals surface area (Å²) >= 11 is 0. The molecule has 18 heavy (non-hydrogen) atoms. The molecule has 2 aliphatic rings. The van der Waals surface area contributed by atoms with Crippen molar-refractivity contribution in [3.05, 3.63) is 17.0 Å². The van der Waals surface area contributed by atoms with Crippen molar-refractivity contribution in [3.8, 4) is 0 Å². The van der Waals surface area contributed by atoms with Gasteiger partial charge >= 0.3 is 0 Å². The molecule has 1 amide bonds. The van der Waals surface area contributed by atoms with E-state index in [4.69, 9.17) is 5.73 Å². The van der Waals surface area contributed by atoms with Crippen LogP contribution < -0.4 is 16.4 Å². The molecule has 0 saturated carbocycles. The molecule has 3 rings (SSSR count). The number of carbonyl (C=O) groups excluding carboxylic acids is 1. The number of hydrogen-bond donors (Lipinski definition) is 3. The van der Waals surface area contributed by atoms with Crippen molar-refractivity contribution in [3.63, 3.8) is 0 Å². The highest BCUT2D eigenvalue weighted by molar-refractivity contribution is 5.92. The fourth-order valence-electron chi connectivity index (χ4n) is 2.93. The maximum atomic E-state index is 11.5. The number of aromatic nitrogens is 2. The minimum atomic E-state index is -0.414. The van der Waals surface area contributed by atoms with E-state index in [0.29, 0.717) is 18.3 Å². The Labute approximate surface area is 106 Å². The third kappa shape index (κ3) is 1.91. The number of nitrogens with zero attached hydrogens (tertiary/aromatic N) is 2. The lowest BCUT2D eigenvalue weighted by Gasteiger charge is -2.26. The number of nitrogens with one attached hydrogen (secondary N) is 2. The Bertz CT molecular complexity index is 461. The molecule has 1 aromatic rings. The molecule has 0 bridgehead atoms. The monoisotopic (exact) mass is 249 g/mol. The van der Waals surface area contributed by atoms with Gasteiger partial charge in [0.05, 0.1) is 6.04 Å². The van der Waals surface area contributed by atoms with Crippen molar-refractivity contribution in [2.45, 2.75) is 31.8 Å². The van der Waals surface area contributed by atoms with E-state index in [0.717, 1.165) is 44.5 Å². The summed E-state index contributed by atoms with van der Waals surface area (Å²) in [6.45, 7) is 3.69. The number of piperidine rings is 1. The first kappa shape index (κ1) is 11.7. The lowest BCUT2D eigenvalue weighted by molar-refractivity contribution is 0.0993. The lowest BCUT2D eigenvalue weighted by atomic mass is 10.0. The summed E-state index contributed by atoms with van der Waals surface area (Å²) in [5.74, 6) is -0.414. The normalized spacial score (nSPS) is 20.7. The van der Waals surface area contributed by atoms with Crippen molar-refractivity contribution >= 4 is 5.91 Å². The van der Waals surface area contributed by atoms with Crippen LogP contribution in [-0.4, -0.2) is 35.3 Å². The molecule has 1 aromatic heterocycles. The molecular weight excluding hydrogens is 230 g/mol. The number of nitrogens with two attached hydrogens (primary N) is 1. The molecule has 3 heterocycles. The van der Waals surface area contributed by atoms with E-state index in [1.807, 2.05) is 0 Å². The summed E-state index contributed by atoms with van der Waals surface area (Å²) in [7, 11) is 0. The molecule has 0 aromatic carbocycles. The zero-order valence-corrected chi connectivity index (χ0v) is 10.4. The van der Waals surface area contributed by atoms with Gasteiger partial charge in [0.1, 0.15) is 0 Å². The second kappa shape index (κ2) is 4.70. The Kier molecular flexibility index (Phi) is 3.05. The van der Waals surface area contributed by atoms with E-state index in [9.17, 15) is 4.79 Å². The topological polar surface area (TPSA) is 85.0 Å². The number of hydrogen-bond acceptors (Lipinski definition) is 4. The fraction of sp³-hybridized carbons (Fsp3) is 0.667. The number of amides is 1. The van der Waals surface area contributed by atoms with Crippen molar-refractivity contribution in [2.75, 3.05) is 19.6 Å². The van der Waals surface area contributed by atoms with Gasteiger partial charge in [-0.1, -0.05) is 0 Å². The molecule has 98 valence electrons. The summed E-state index contributed by atoms with van der Waals surface area (Å²) < 4.78 is 2.07. The number of rotatable bonds is 2. The summed E-state index contributed by atoms with van der Waals surface area (Å²) in [5.41, 5.74) is 8.09. The first-order valence-corrected chi connectivity index (χ1v) is 6.59. The Morgan fingerprint density at radius 2 is 2.06 bits per heavy atom. The van der Waals surface area contributed by atoms with Crippen molar-refractivity contribution < 1.29 is 4.79 Å². The van der Waals surface area contributed by atoms with Crippen LogP contribution in [0.5, 0.6) is 0 Å². The van der Waals surface area contributed by atoms with Crippen molar-refractivity contribution in [1.29, 1.82) is 0 Å². The Morgan fingerprint density at radius 1 is 1.28 bits per heavy atom. The van der Waals surface area contributed by atoms with Crippen LogP contribution >= 0.6 is 0 Å². The molecule has 6 heteroatoms. The molecule has 0 aliphatic carbocycles. The van der Waals surface area contributed by atoms with Gasteiger partial charge in [-0.15, -0.1) is 0 Å². The quantitative estimate of drug-likeness (QED) is 0.663. The van der Waals surface area contributed by atoms with Gasteiger partial charge in [0, 0.05) is 30.8 Å². The van der Waals surface area contributed by atoms with Gasteiger partial charge in [0.2, 0.25) is 0 Å². The van der Waals surface area contributed by atoms with Gasteiger partial charge in [-0.05, 0) is 25.9 Å². The predicted octanol–water partition coefficient (Wildman–Crippen LogP) is -0.448. The second-order valence-electron chi connectivity index (χ2n) is 4.99. The highest BCUT2D eigenvalue weighted by Gasteiger charge is 2.27. The van der Waals surface area contributed by atoms with Crippen LogP contribution in [-0.2, 0) is 13.0 Å². The SMILES string of the molecule is NC(=O)c1nn(C2CCNCC2)c2c1CNCC2. The number of fused-ring (bicyclic) bond motifs is 1. The summed E-state index contributed by atoms with van der Waals surface area (Å²) in [6.07, 6.45) is 3.07. The van der Waals surface area contributed by atoms with Crippen LogP contribution in [0.2, 0.25) is 0 Å². The average molecular weight is 249 g/mol. The maximum absolute atomic E-state index is 11.5. The number of carbonyl (C=O) groups is 1. The van der Waals surface area contributed by atoms with E-state index in [1.165, 1.54) is 5.69 Å². The minimum Gasteiger partial charge on any atom is -0.364 e. The zero-order valence-electron chi connectivity index (χ0n) is 10.4. The summed E-state index contributed by atoms with van der Waals surface area (Å²) in [6, 6.07) is 0.409. The lowest BCUT2D eigenvalue weighted by Crippen LogP contribution is -2.32. The first-order chi connectivity index (χ1) is 8.77. The van der Waals surface area contributed by atoms with Gasteiger partial charge in [-0.3, -0.25) is 9.48 Å². The molecular formula is C12H19N5O. The van der Waals surface area contributed by atoms with Crippen LogP contribution in [0.1, 0.15) is 40.6 Å². The van der Waals surface area contributed by atoms with Crippen LogP contribution in [0.25, 0.3) is 0 Å². The first-order valence-electron chi connectivity index (χ1n) is 6.59. The Balaban J connectivity index is 2.00. The highest BCUT2D eigenvalue weighted by atomic mass is 16.1. The standard InChI is InChI=1S/C12H19N5O/c13-12(18)11-9-7-15-6-3-10(9)17(16-11)8-1-4-14-5-2-8/h8,14-15H,1-7H2,(H2,13,18). The molecule has 6 nitrogen and oxygen atoms in total. The highest BCUT2D eigenvalue weighted by Crippen LogP contribution is 2.26. The predicted molar refractivity (Wildman–Crippen MR) is 67.3 cm³/mol. The van der Waals surface area contributed by atoms with Crippen LogP contribution in [0.4, 0.5) is 0 Å². The number of primary amides is 1. The third-order valence-corrected chi connectivity index (χ3v) is 3.85. The summed E-state index contributed by atoms with van der Waals surface area (Å²) in [4.78, 5) is 11.5. The molecule has 0 unspecified atom stereocenters. The smallest absolute Gasteiger partial charge is 0.269 e. The largest absolute Gasteiger partial charge is 0.364 e. The average Bonchev–Trinajstić information content (AvgIpc) is 2.79. The molecule has 0 spiro atoms. The van der Waals surface area contributed by atoms with Gasteiger partial charge in [-0.2, -0.15) is 5.10 Å². The minimum absolute atomic E-state index is 0.409. The van der Waals surface area contributed by atoms with Gasteiger partial charge in [0.25, 0.3) is 5.91 Å². The van der Waals surface area contributed by atoms with E-state index >= 15 is 0 Å². The molecule has 1 saturated heterocycles. The van der Waals surface area contributed by atoms with Crippen molar-refractivity contribution in [1.82, 2.24) is 20.4 Å². The Hall–Kier alpha value is -1.40. The van der Waals surface area contributed by atoms with Crippen LogP contribution in [0.3, 0.4) is 0 Å². The van der Waals surface area contributed by atoms with Gasteiger partial charge in [0.15, 0.2) is 5.69 Å². The van der Waals surface area contributed by atoms with Gasteiger partial charge in [-0.25, -0.2) is 0 Å². The molecule has 0 atom stereocenters. The van der Waals surface area contributed by atoms with Crippen molar-refractivity contribution in [2.24, 2.45) is 5.73 Å². The maximum Gasteiger partial charge on any atom is 0.269 e. The summed E-state index contributed by atoms with van der Waals surface area (Å²) in [5, 5.41) is 11.1. The van der Waals surface area contributed by atoms with Gasteiger partial charge < -0.3 is 16.4 Å². The molecule has 2 aliphatic heterocycles. The molecule has 1 fully saturated rings. The molecule has 0 radical (unpaired) electrons. The fourth-order valence-corrected chi connectivity index (χ4v) is 2.93. The second-order valence-corrected chi connectivity index (χ2v) is 4.99. The van der Waals surface area contributed by atoms with E-state index < -0.39 is 5.91 Å². The molecule has 4 N–H and O–H groups in total. The Morgan fingerprint density at radius 3 is 2.78 bits per heavy atom. The van der Waals surface area contributed by atoms with E-state index in [-0.39, 0.29) is 0 Å². The van der Waals surface area contributed by atoms with Crippen LogP contribution in [0.15, 0.2) is 0 Å². The third-order valence-electron chi connectivity index (χ3n) is 3.85. The zero-order chi connectivity index (χ0) is 12.5. The van der Waals surface area contributed by atoms with E-state index in [2.05, 4.69) is 20.4 Å².